The van der Waals surface area contributed by atoms with Crippen LogP contribution in [0.5, 0.6) is 0 Å². The number of nitrogens with two attached hydrogens (primary N) is 1. The van der Waals surface area contributed by atoms with Gasteiger partial charge in [-0.3, -0.25) is 9.78 Å². The number of carbonyl (C=O) groups is 1. The second kappa shape index (κ2) is 5.84. The van der Waals surface area contributed by atoms with Gasteiger partial charge >= 0.3 is 0 Å². The molecule has 0 radical (unpaired) electrons. The van der Waals surface area contributed by atoms with Crippen molar-refractivity contribution in [1.82, 2.24) is 9.88 Å². The summed E-state index contributed by atoms with van der Waals surface area (Å²) >= 11 is 0. The number of amides is 1. The van der Waals surface area contributed by atoms with Crippen LogP contribution in [0.2, 0.25) is 0 Å². The van der Waals surface area contributed by atoms with Crippen molar-refractivity contribution in [3.8, 4) is 0 Å². The van der Waals surface area contributed by atoms with E-state index >= 15 is 0 Å². The first-order valence-electron chi connectivity index (χ1n) is 6.50. The van der Waals surface area contributed by atoms with E-state index in [0.717, 1.165) is 11.1 Å². The lowest BCUT2D eigenvalue weighted by Crippen LogP contribution is -2.49. The van der Waals surface area contributed by atoms with E-state index in [1.54, 1.807) is 31.3 Å². The quantitative estimate of drug-likeness (QED) is 0.922. The zero-order valence-electron chi connectivity index (χ0n) is 11.8. The second-order valence-electron chi connectivity index (χ2n) is 5.09. The number of aromatic nitrogens is 1. The molecule has 0 saturated carbocycles. The van der Waals surface area contributed by atoms with Crippen LogP contribution < -0.4 is 5.73 Å². The van der Waals surface area contributed by atoms with Crippen molar-refractivity contribution in [3.63, 3.8) is 0 Å². The normalized spacial score (nSPS) is 13.6. The number of benzene rings is 1. The summed E-state index contributed by atoms with van der Waals surface area (Å²) in [7, 11) is 1.76. The summed E-state index contributed by atoms with van der Waals surface area (Å²) in [6, 6.07) is 13.2. The third-order valence-electron chi connectivity index (χ3n) is 3.33. The van der Waals surface area contributed by atoms with Gasteiger partial charge in [-0.2, -0.15) is 0 Å². The lowest BCUT2D eigenvalue weighted by atomic mass is 9.91. The molecule has 0 aliphatic rings. The van der Waals surface area contributed by atoms with Crippen molar-refractivity contribution in [2.75, 3.05) is 7.05 Å². The molecule has 2 rings (SSSR count). The first-order chi connectivity index (χ1) is 9.51. The van der Waals surface area contributed by atoms with Gasteiger partial charge in [-0.15, -0.1) is 0 Å². The maximum Gasteiger partial charge on any atom is 0.247 e. The minimum atomic E-state index is -1.02. The fourth-order valence-corrected chi connectivity index (χ4v) is 2.14. The summed E-state index contributed by atoms with van der Waals surface area (Å²) in [5.74, 6) is -0.111. The largest absolute Gasteiger partial charge is 0.340 e. The van der Waals surface area contributed by atoms with Crippen LogP contribution in [0.15, 0.2) is 54.9 Å². The van der Waals surface area contributed by atoms with E-state index in [4.69, 9.17) is 5.73 Å². The first kappa shape index (κ1) is 14.2. The SMILES string of the molecule is CN(Cc1ccncc1)C(=O)C(C)(N)c1ccccc1. The van der Waals surface area contributed by atoms with Gasteiger partial charge in [0.05, 0.1) is 0 Å². The highest BCUT2D eigenvalue weighted by atomic mass is 16.2. The highest BCUT2D eigenvalue weighted by Crippen LogP contribution is 2.20. The first-order valence-corrected chi connectivity index (χ1v) is 6.50. The number of hydrogen-bond donors (Lipinski definition) is 1. The summed E-state index contributed by atoms with van der Waals surface area (Å²) < 4.78 is 0. The van der Waals surface area contributed by atoms with E-state index in [0.29, 0.717) is 6.54 Å². The zero-order valence-corrected chi connectivity index (χ0v) is 11.8. The molecule has 2 aromatic rings. The molecule has 0 aliphatic heterocycles. The number of pyridine rings is 1. The van der Waals surface area contributed by atoms with Crippen LogP contribution in [0.3, 0.4) is 0 Å². The molecule has 104 valence electrons. The molecular formula is C16H19N3O. The average molecular weight is 269 g/mol. The lowest BCUT2D eigenvalue weighted by Gasteiger charge is -2.29. The van der Waals surface area contributed by atoms with Gasteiger partial charge in [-0.25, -0.2) is 0 Å². The summed E-state index contributed by atoms with van der Waals surface area (Å²) in [4.78, 5) is 18.2. The third-order valence-corrected chi connectivity index (χ3v) is 3.33. The number of rotatable bonds is 4. The standard InChI is InChI=1S/C16H19N3O/c1-16(17,14-6-4-3-5-7-14)15(20)19(2)12-13-8-10-18-11-9-13/h3-11H,12,17H2,1-2H3. The number of hydrogen-bond acceptors (Lipinski definition) is 3. The molecule has 0 bridgehead atoms. The van der Waals surface area contributed by atoms with Crippen molar-refractivity contribution in [3.05, 3.63) is 66.0 Å². The molecule has 4 heteroatoms. The van der Waals surface area contributed by atoms with E-state index in [9.17, 15) is 4.79 Å². The Morgan fingerprint density at radius 2 is 1.80 bits per heavy atom. The molecule has 0 fully saturated rings. The predicted molar refractivity (Wildman–Crippen MR) is 78.7 cm³/mol. The molecule has 1 atom stereocenters. The smallest absolute Gasteiger partial charge is 0.247 e. The maximum absolute atomic E-state index is 12.6. The van der Waals surface area contributed by atoms with Gasteiger partial charge in [0.2, 0.25) is 5.91 Å². The minimum absolute atomic E-state index is 0.111. The summed E-state index contributed by atoms with van der Waals surface area (Å²) in [5.41, 5.74) is 7.05. The molecule has 4 nitrogen and oxygen atoms in total. The topological polar surface area (TPSA) is 59.2 Å². The Morgan fingerprint density at radius 1 is 1.20 bits per heavy atom. The molecule has 1 aromatic heterocycles. The monoisotopic (exact) mass is 269 g/mol. The van der Waals surface area contributed by atoms with Gasteiger partial charge in [-0.1, -0.05) is 30.3 Å². The maximum atomic E-state index is 12.6. The Kier molecular flexibility index (Phi) is 4.15. The van der Waals surface area contributed by atoms with E-state index in [-0.39, 0.29) is 5.91 Å². The molecular weight excluding hydrogens is 250 g/mol. The molecule has 1 unspecified atom stereocenters. The summed E-state index contributed by atoms with van der Waals surface area (Å²) in [6.07, 6.45) is 3.43. The van der Waals surface area contributed by atoms with Crippen LogP contribution in [-0.2, 0) is 16.9 Å². The molecule has 0 spiro atoms. The van der Waals surface area contributed by atoms with Crippen LogP contribution in [0, 0.1) is 0 Å². The molecule has 1 aromatic carbocycles. The van der Waals surface area contributed by atoms with Crippen LogP contribution >= 0.6 is 0 Å². The van der Waals surface area contributed by atoms with Gasteiger partial charge in [0.15, 0.2) is 0 Å². The molecule has 1 heterocycles. The number of carbonyl (C=O) groups excluding carboxylic acids is 1. The Labute approximate surface area is 119 Å². The lowest BCUT2D eigenvalue weighted by molar-refractivity contribution is -0.136. The van der Waals surface area contributed by atoms with Gasteiger partial charge in [0.1, 0.15) is 5.54 Å². The zero-order chi connectivity index (χ0) is 14.6. The molecule has 2 N–H and O–H groups in total. The predicted octanol–water partition coefficient (Wildman–Crippen LogP) is 1.91. The third kappa shape index (κ3) is 3.03. The molecule has 0 aliphatic carbocycles. The average Bonchev–Trinajstić information content (AvgIpc) is 2.48. The number of nitrogens with zero attached hydrogens (tertiary/aromatic N) is 2. The van der Waals surface area contributed by atoms with Crippen molar-refractivity contribution >= 4 is 5.91 Å². The van der Waals surface area contributed by atoms with E-state index in [1.165, 1.54) is 0 Å². The highest BCUT2D eigenvalue weighted by Gasteiger charge is 2.32. The van der Waals surface area contributed by atoms with Crippen molar-refractivity contribution in [2.24, 2.45) is 5.73 Å². The fourth-order valence-electron chi connectivity index (χ4n) is 2.14. The molecule has 0 saturated heterocycles. The highest BCUT2D eigenvalue weighted by molar-refractivity contribution is 5.86. The molecule has 1 amide bonds. The number of likely N-dealkylation sites (N-methyl/N-ethyl adjacent to an activating group) is 1. The van der Waals surface area contributed by atoms with Crippen LogP contribution in [0.25, 0.3) is 0 Å². The van der Waals surface area contributed by atoms with Gasteiger partial charge < -0.3 is 10.6 Å². The van der Waals surface area contributed by atoms with Gasteiger partial charge in [0, 0.05) is 26.0 Å². The Balaban J connectivity index is 2.14. The van der Waals surface area contributed by atoms with Crippen LogP contribution in [0.4, 0.5) is 0 Å². The van der Waals surface area contributed by atoms with Crippen molar-refractivity contribution < 1.29 is 4.79 Å². The summed E-state index contributed by atoms with van der Waals surface area (Å²) in [5, 5.41) is 0. The Hall–Kier alpha value is -2.20. The Morgan fingerprint density at radius 3 is 2.40 bits per heavy atom. The Bertz CT molecular complexity index is 567. The van der Waals surface area contributed by atoms with E-state index in [2.05, 4.69) is 4.98 Å². The van der Waals surface area contributed by atoms with Crippen molar-refractivity contribution in [1.29, 1.82) is 0 Å². The van der Waals surface area contributed by atoms with Crippen LogP contribution in [0.1, 0.15) is 18.1 Å². The fraction of sp³-hybridized carbons (Fsp3) is 0.250. The van der Waals surface area contributed by atoms with Crippen LogP contribution in [-0.4, -0.2) is 22.8 Å². The van der Waals surface area contributed by atoms with Gasteiger partial charge in [0.25, 0.3) is 0 Å². The molecule has 20 heavy (non-hydrogen) atoms. The summed E-state index contributed by atoms with van der Waals surface area (Å²) in [6.45, 7) is 2.26. The second-order valence-corrected chi connectivity index (χ2v) is 5.09. The van der Waals surface area contributed by atoms with Gasteiger partial charge in [-0.05, 0) is 30.2 Å². The van der Waals surface area contributed by atoms with E-state index in [1.807, 2.05) is 42.5 Å². The van der Waals surface area contributed by atoms with E-state index < -0.39 is 5.54 Å². The minimum Gasteiger partial charge on any atom is -0.340 e. The van der Waals surface area contributed by atoms with Crippen molar-refractivity contribution in [2.45, 2.75) is 19.0 Å².